The second kappa shape index (κ2) is 9.49. The van der Waals surface area contributed by atoms with E-state index in [9.17, 15) is 13.7 Å². The van der Waals surface area contributed by atoms with Gasteiger partial charge in [-0.1, -0.05) is 48.0 Å². The summed E-state index contributed by atoms with van der Waals surface area (Å²) in [6, 6.07) is 21.9. The van der Waals surface area contributed by atoms with E-state index >= 15 is 0 Å². The van der Waals surface area contributed by atoms with Crippen molar-refractivity contribution in [3.05, 3.63) is 88.9 Å². The normalized spacial score (nSPS) is 11.6. The van der Waals surface area contributed by atoms with E-state index in [2.05, 4.69) is 6.07 Å². The van der Waals surface area contributed by atoms with Crippen molar-refractivity contribution in [2.24, 2.45) is 0 Å². The number of nitriles is 1. The van der Waals surface area contributed by atoms with Crippen LogP contribution in [0.2, 0.25) is 5.02 Å². The summed E-state index contributed by atoms with van der Waals surface area (Å²) in [5.74, 6) is 0.316. The van der Waals surface area contributed by atoms with Crippen molar-refractivity contribution in [2.75, 3.05) is 6.61 Å². The van der Waals surface area contributed by atoms with Gasteiger partial charge in [-0.2, -0.15) is 13.7 Å². The summed E-state index contributed by atoms with van der Waals surface area (Å²) in [6.07, 6.45) is 1.70. The number of allylic oxidation sites excluding steroid dienone is 1. The number of rotatable bonds is 7. The smallest absolute Gasteiger partial charge is 0.339 e. The van der Waals surface area contributed by atoms with E-state index in [0.29, 0.717) is 22.8 Å². The van der Waals surface area contributed by atoms with Crippen molar-refractivity contribution in [3.8, 4) is 17.6 Å². The van der Waals surface area contributed by atoms with Crippen molar-refractivity contribution < 1.29 is 17.3 Å². The zero-order chi connectivity index (χ0) is 21.6. The molecular formula is C23H18ClNO4S. The number of halogens is 1. The van der Waals surface area contributed by atoms with Crippen LogP contribution in [-0.4, -0.2) is 15.0 Å². The number of hydrogen-bond acceptors (Lipinski definition) is 5. The fourth-order valence-corrected chi connectivity index (χ4v) is 3.75. The summed E-state index contributed by atoms with van der Waals surface area (Å²) in [6.45, 7) is 2.10. The lowest BCUT2D eigenvalue weighted by atomic mass is 10.0. The summed E-state index contributed by atoms with van der Waals surface area (Å²) < 4.78 is 36.1. The summed E-state index contributed by atoms with van der Waals surface area (Å²) in [5.41, 5.74) is 1.93. The van der Waals surface area contributed by atoms with Crippen LogP contribution < -0.4 is 8.92 Å². The Hall–Kier alpha value is -3.27. The van der Waals surface area contributed by atoms with Crippen molar-refractivity contribution in [3.63, 3.8) is 0 Å². The molecule has 0 unspecified atom stereocenters. The van der Waals surface area contributed by atoms with Crippen LogP contribution in [-0.2, 0) is 10.1 Å². The Morgan fingerprint density at radius 2 is 1.73 bits per heavy atom. The van der Waals surface area contributed by atoms with Gasteiger partial charge in [0, 0.05) is 5.02 Å². The van der Waals surface area contributed by atoms with Gasteiger partial charge in [0.05, 0.1) is 18.2 Å². The van der Waals surface area contributed by atoms with Crippen LogP contribution in [0.1, 0.15) is 18.1 Å². The molecule has 7 heteroatoms. The Morgan fingerprint density at radius 1 is 1.03 bits per heavy atom. The predicted octanol–water partition coefficient (Wildman–Crippen LogP) is 5.57. The fraction of sp³-hybridized carbons (Fsp3) is 0.0870. The van der Waals surface area contributed by atoms with Crippen LogP contribution in [0, 0.1) is 11.3 Å². The van der Waals surface area contributed by atoms with Gasteiger partial charge in [0.25, 0.3) is 0 Å². The summed E-state index contributed by atoms with van der Waals surface area (Å²) in [5, 5.41) is 9.93. The minimum Gasteiger partial charge on any atom is -0.490 e. The van der Waals surface area contributed by atoms with Gasteiger partial charge in [0.2, 0.25) is 0 Å². The minimum atomic E-state index is -4.06. The molecule has 0 saturated carbocycles. The van der Waals surface area contributed by atoms with Crippen LogP contribution in [0.5, 0.6) is 11.5 Å². The van der Waals surface area contributed by atoms with Gasteiger partial charge < -0.3 is 8.92 Å². The molecule has 0 N–H and O–H groups in total. The molecule has 0 spiro atoms. The number of hydrogen-bond donors (Lipinski definition) is 0. The van der Waals surface area contributed by atoms with Crippen molar-refractivity contribution in [2.45, 2.75) is 11.8 Å². The van der Waals surface area contributed by atoms with E-state index < -0.39 is 10.1 Å². The number of ether oxygens (including phenoxy) is 1. The Balaban J connectivity index is 1.95. The molecule has 0 heterocycles. The lowest BCUT2D eigenvalue weighted by Crippen LogP contribution is -2.10. The second-order valence-electron chi connectivity index (χ2n) is 6.17. The highest BCUT2D eigenvalue weighted by Gasteiger charge is 2.19. The Kier molecular flexibility index (Phi) is 6.78. The van der Waals surface area contributed by atoms with Crippen LogP contribution in [0.25, 0.3) is 11.6 Å². The largest absolute Gasteiger partial charge is 0.490 e. The highest BCUT2D eigenvalue weighted by atomic mass is 35.5. The van der Waals surface area contributed by atoms with Gasteiger partial charge in [-0.05, 0) is 60.5 Å². The monoisotopic (exact) mass is 439 g/mol. The maximum absolute atomic E-state index is 12.6. The highest BCUT2D eigenvalue weighted by Crippen LogP contribution is 2.32. The van der Waals surface area contributed by atoms with Crippen LogP contribution in [0.3, 0.4) is 0 Å². The van der Waals surface area contributed by atoms with Crippen LogP contribution in [0.4, 0.5) is 0 Å². The average Bonchev–Trinajstić information content (AvgIpc) is 2.74. The fourth-order valence-electron chi connectivity index (χ4n) is 2.68. The molecule has 0 aliphatic heterocycles. The van der Waals surface area contributed by atoms with Crippen molar-refractivity contribution >= 4 is 33.4 Å². The molecule has 0 atom stereocenters. The predicted molar refractivity (Wildman–Crippen MR) is 117 cm³/mol. The van der Waals surface area contributed by atoms with Crippen LogP contribution >= 0.6 is 11.6 Å². The Morgan fingerprint density at radius 3 is 2.37 bits per heavy atom. The first kappa shape index (κ1) is 21.4. The van der Waals surface area contributed by atoms with Crippen molar-refractivity contribution in [1.29, 1.82) is 5.26 Å². The van der Waals surface area contributed by atoms with Gasteiger partial charge in [0.1, 0.15) is 4.90 Å². The number of nitrogens with zero attached hydrogens (tertiary/aromatic N) is 1. The molecule has 0 saturated heterocycles. The first-order chi connectivity index (χ1) is 14.4. The molecule has 3 aromatic carbocycles. The van der Waals surface area contributed by atoms with Gasteiger partial charge in [-0.15, -0.1) is 0 Å². The molecule has 0 radical (unpaired) electrons. The highest BCUT2D eigenvalue weighted by molar-refractivity contribution is 7.87. The first-order valence-corrected chi connectivity index (χ1v) is 10.9. The average molecular weight is 440 g/mol. The SMILES string of the molecule is CCOc1cc(/C=C(\C#N)c2ccccc2)ccc1OS(=O)(=O)c1ccc(Cl)cc1. The number of benzene rings is 3. The van der Waals surface area contributed by atoms with E-state index in [4.69, 9.17) is 20.5 Å². The Bertz CT molecular complexity index is 1200. The van der Waals surface area contributed by atoms with E-state index in [1.54, 1.807) is 25.1 Å². The molecule has 3 rings (SSSR count). The molecule has 0 amide bonds. The van der Waals surface area contributed by atoms with E-state index in [-0.39, 0.29) is 16.4 Å². The third-order valence-electron chi connectivity index (χ3n) is 4.09. The summed E-state index contributed by atoms with van der Waals surface area (Å²) >= 11 is 5.82. The van der Waals surface area contributed by atoms with Crippen molar-refractivity contribution in [1.82, 2.24) is 0 Å². The maximum Gasteiger partial charge on any atom is 0.339 e. The molecule has 0 fully saturated rings. The third-order valence-corrected chi connectivity index (χ3v) is 5.59. The van der Waals surface area contributed by atoms with E-state index in [1.807, 2.05) is 30.3 Å². The van der Waals surface area contributed by atoms with Gasteiger partial charge >= 0.3 is 10.1 Å². The van der Waals surface area contributed by atoms with Crippen LogP contribution in [0.15, 0.2) is 77.7 Å². The second-order valence-corrected chi connectivity index (χ2v) is 8.15. The molecule has 0 aromatic heterocycles. The molecule has 0 aliphatic rings. The molecule has 152 valence electrons. The molecule has 30 heavy (non-hydrogen) atoms. The zero-order valence-corrected chi connectivity index (χ0v) is 17.7. The van der Waals surface area contributed by atoms with E-state index in [1.165, 1.54) is 30.3 Å². The zero-order valence-electron chi connectivity index (χ0n) is 16.1. The third kappa shape index (κ3) is 5.20. The van der Waals surface area contributed by atoms with Gasteiger partial charge in [-0.3, -0.25) is 0 Å². The standard InChI is InChI=1S/C23H18ClNO4S/c1-2-28-23-15-17(14-19(16-25)18-6-4-3-5-7-18)8-13-22(23)29-30(26,27)21-11-9-20(24)10-12-21/h3-15H,2H2,1H3/b19-14+. The van der Waals surface area contributed by atoms with Gasteiger partial charge in [-0.25, -0.2) is 0 Å². The summed E-state index contributed by atoms with van der Waals surface area (Å²) in [4.78, 5) is -0.0193. The van der Waals surface area contributed by atoms with E-state index in [0.717, 1.165) is 5.56 Å². The summed E-state index contributed by atoms with van der Waals surface area (Å²) in [7, 11) is -4.06. The minimum absolute atomic E-state index is 0.0193. The first-order valence-electron chi connectivity index (χ1n) is 9.07. The lowest BCUT2D eigenvalue weighted by Gasteiger charge is -2.13. The quantitative estimate of drug-likeness (QED) is 0.273. The lowest BCUT2D eigenvalue weighted by molar-refractivity contribution is 0.327. The Labute approximate surface area is 180 Å². The molecule has 0 aliphatic carbocycles. The molecular weight excluding hydrogens is 422 g/mol. The molecule has 0 bridgehead atoms. The topological polar surface area (TPSA) is 76.4 Å². The molecule has 5 nitrogen and oxygen atoms in total. The van der Waals surface area contributed by atoms with Gasteiger partial charge in [0.15, 0.2) is 11.5 Å². The molecule has 3 aromatic rings. The maximum atomic E-state index is 12.6.